The van der Waals surface area contributed by atoms with Gasteiger partial charge in [0.2, 0.25) is 5.91 Å². The molecule has 0 aliphatic heterocycles. The first-order valence-corrected chi connectivity index (χ1v) is 9.52. The van der Waals surface area contributed by atoms with Crippen LogP contribution in [0.15, 0.2) is 35.4 Å². The molecule has 25 heavy (non-hydrogen) atoms. The molecule has 2 N–H and O–H groups in total. The Balaban J connectivity index is 2.15. The maximum absolute atomic E-state index is 12.3. The molecule has 9 heteroatoms. The van der Waals surface area contributed by atoms with Crippen LogP contribution in [-0.2, 0) is 27.6 Å². The van der Waals surface area contributed by atoms with E-state index in [0.29, 0.717) is 17.9 Å². The standard InChI is InChI=1S/C16H20N4O4S/c1-4-20-15(13(10-18-20)16(22)17-2)19-14(21)9-11-5-7-12(8-6-11)25(3,23)24/h5-8,10H,4,9H2,1-3H3,(H,17,22)(H,19,21). The third-order valence-corrected chi connectivity index (χ3v) is 4.71. The smallest absolute Gasteiger partial charge is 0.256 e. The second kappa shape index (κ2) is 7.47. The second-order valence-corrected chi connectivity index (χ2v) is 7.46. The lowest BCUT2D eigenvalue weighted by molar-refractivity contribution is -0.115. The van der Waals surface area contributed by atoms with Gasteiger partial charge in [0.05, 0.1) is 17.5 Å². The number of nitrogens with zero attached hydrogens (tertiary/aromatic N) is 2. The average molecular weight is 364 g/mol. The molecule has 0 atom stereocenters. The Hall–Kier alpha value is -2.68. The van der Waals surface area contributed by atoms with Crippen LogP contribution in [0, 0.1) is 0 Å². The lowest BCUT2D eigenvalue weighted by atomic mass is 10.1. The average Bonchev–Trinajstić information content (AvgIpc) is 2.96. The molecule has 0 spiro atoms. The zero-order chi connectivity index (χ0) is 18.6. The maximum Gasteiger partial charge on any atom is 0.256 e. The molecule has 2 aromatic rings. The van der Waals surface area contributed by atoms with E-state index in [1.54, 1.807) is 12.1 Å². The summed E-state index contributed by atoms with van der Waals surface area (Å²) >= 11 is 0. The zero-order valence-corrected chi connectivity index (χ0v) is 15.1. The normalized spacial score (nSPS) is 11.2. The first kappa shape index (κ1) is 18.7. The van der Waals surface area contributed by atoms with Gasteiger partial charge in [0, 0.05) is 19.8 Å². The predicted octanol–water partition coefficient (Wildman–Crippen LogP) is 0.847. The summed E-state index contributed by atoms with van der Waals surface area (Å²) < 4.78 is 24.4. The number of aromatic nitrogens is 2. The monoisotopic (exact) mass is 364 g/mol. The Morgan fingerprint density at radius 1 is 1.20 bits per heavy atom. The van der Waals surface area contributed by atoms with Crippen LogP contribution >= 0.6 is 0 Å². The molecule has 0 fully saturated rings. The largest absolute Gasteiger partial charge is 0.355 e. The van der Waals surface area contributed by atoms with Crippen LogP contribution in [0.25, 0.3) is 0 Å². The van der Waals surface area contributed by atoms with E-state index in [0.717, 1.165) is 6.26 Å². The van der Waals surface area contributed by atoms with Gasteiger partial charge in [0.25, 0.3) is 5.91 Å². The summed E-state index contributed by atoms with van der Waals surface area (Å²) in [7, 11) is -1.77. The second-order valence-electron chi connectivity index (χ2n) is 5.44. The van der Waals surface area contributed by atoms with Crippen molar-refractivity contribution < 1.29 is 18.0 Å². The SMILES string of the molecule is CCn1ncc(C(=O)NC)c1NC(=O)Cc1ccc(S(C)(=O)=O)cc1. The molecule has 0 saturated carbocycles. The number of carbonyl (C=O) groups is 2. The summed E-state index contributed by atoms with van der Waals surface area (Å²) in [4.78, 5) is 24.3. The number of benzene rings is 1. The van der Waals surface area contributed by atoms with Crippen LogP contribution in [0.3, 0.4) is 0 Å². The lowest BCUT2D eigenvalue weighted by Crippen LogP contribution is -2.23. The summed E-state index contributed by atoms with van der Waals surface area (Å²) in [6, 6.07) is 6.11. The lowest BCUT2D eigenvalue weighted by Gasteiger charge is -2.10. The summed E-state index contributed by atoms with van der Waals surface area (Å²) in [6.45, 7) is 2.34. The first-order chi connectivity index (χ1) is 11.8. The Labute approximate surface area is 146 Å². The van der Waals surface area contributed by atoms with Gasteiger partial charge in [-0.3, -0.25) is 9.59 Å². The van der Waals surface area contributed by atoms with E-state index in [1.165, 1.54) is 30.1 Å². The molecule has 2 rings (SSSR count). The van der Waals surface area contributed by atoms with E-state index < -0.39 is 9.84 Å². The number of sulfone groups is 1. The van der Waals surface area contributed by atoms with Gasteiger partial charge >= 0.3 is 0 Å². The van der Waals surface area contributed by atoms with E-state index in [-0.39, 0.29) is 28.7 Å². The molecule has 134 valence electrons. The van der Waals surface area contributed by atoms with Gasteiger partial charge in [0.15, 0.2) is 9.84 Å². The highest BCUT2D eigenvalue weighted by Gasteiger charge is 2.18. The fraction of sp³-hybridized carbons (Fsp3) is 0.312. The molecular weight excluding hydrogens is 344 g/mol. The van der Waals surface area contributed by atoms with Crippen molar-refractivity contribution >= 4 is 27.5 Å². The van der Waals surface area contributed by atoms with Gasteiger partial charge < -0.3 is 10.6 Å². The van der Waals surface area contributed by atoms with E-state index in [2.05, 4.69) is 15.7 Å². The Morgan fingerprint density at radius 3 is 2.36 bits per heavy atom. The number of nitrogens with one attached hydrogen (secondary N) is 2. The zero-order valence-electron chi connectivity index (χ0n) is 14.2. The van der Waals surface area contributed by atoms with Crippen molar-refractivity contribution in [3.63, 3.8) is 0 Å². The molecule has 0 saturated heterocycles. The summed E-state index contributed by atoms with van der Waals surface area (Å²) in [6.07, 6.45) is 2.58. The van der Waals surface area contributed by atoms with Gasteiger partial charge in [-0.05, 0) is 24.6 Å². The number of hydrogen-bond acceptors (Lipinski definition) is 5. The van der Waals surface area contributed by atoms with E-state index in [9.17, 15) is 18.0 Å². The molecule has 0 aliphatic carbocycles. The van der Waals surface area contributed by atoms with Crippen molar-refractivity contribution in [1.29, 1.82) is 0 Å². The van der Waals surface area contributed by atoms with Crippen LogP contribution in [0.5, 0.6) is 0 Å². The summed E-state index contributed by atoms with van der Waals surface area (Å²) in [5, 5.41) is 9.28. The fourth-order valence-electron chi connectivity index (χ4n) is 2.27. The Morgan fingerprint density at radius 2 is 1.84 bits per heavy atom. The number of aryl methyl sites for hydroxylation is 1. The maximum atomic E-state index is 12.3. The molecule has 0 aliphatic rings. The van der Waals surface area contributed by atoms with Crippen molar-refractivity contribution in [2.75, 3.05) is 18.6 Å². The highest BCUT2D eigenvalue weighted by atomic mass is 32.2. The molecule has 0 unspecified atom stereocenters. The topological polar surface area (TPSA) is 110 Å². The van der Waals surface area contributed by atoms with Crippen LogP contribution in [-0.4, -0.2) is 43.3 Å². The minimum atomic E-state index is -3.27. The van der Waals surface area contributed by atoms with Gasteiger partial charge in [0.1, 0.15) is 11.4 Å². The molecule has 8 nitrogen and oxygen atoms in total. The quantitative estimate of drug-likeness (QED) is 0.789. The van der Waals surface area contributed by atoms with Crippen molar-refractivity contribution in [2.45, 2.75) is 24.8 Å². The third-order valence-electron chi connectivity index (χ3n) is 3.58. The number of carbonyl (C=O) groups excluding carboxylic acids is 2. The number of hydrogen-bond donors (Lipinski definition) is 2. The van der Waals surface area contributed by atoms with Gasteiger partial charge in [-0.2, -0.15) is 5.10 Å². The van der Waals surface area contributed by atoms with Crippen LogP contribution in [0.1, 0.15) is 22.8 Å². The van der Waals surface area contributed by atoms with Crippen LogP contribution < -0.4 is 10.6 Å². The number of rotatable bonds is 6. The molecule has 1 heterocycles. The summed E-state index contributed by atoms with van der Waals surface area (Å²) in [5.74, 6) is -0.334. The minimum absolute atomic E-state index is 0.0477. The highest BCUT2D eigenvalue weighted by molar-refractivity contribution is 7.90. The van der Waals surface area contributed by atoms with E-state index in [1.807, 2.05) is 6.92 Å². The van der Waals surface area contributed by atoms with Crippen LogP contribution in [0.2, 0.25) is 0 Å². The molecule has 1 aromatic carbocycles. The summed E-state index contributed by atoms with van der Waals surface area (Å²) in [5.41, 5.74) is 0.944. The van der Waals surface area contributed by atoms with Gasteiger partial charge in [-0.1, -0.05) is 12.1 Å². The third kappa shape index (κ3) is 4.44. The first-order valence-electron chi connectivity index (χ1n) is 7.63. The van der Waals surface area contributed by atoms with E-state index in [4.69, 9.17) is 0 Å². The Bertz CT molecular complexity index is 885. The molecular formula is C16H20N4O4S. The minimum Gasteiger partial charge on any atom is -0.355 e. The van der Waals surface area contributed by atoms with Gasteiger partial charge in [-0.15, -0.1) is 0 Å². The molecule has 2 amide bonds. The number of anilines is 1. The molecule has 0 bridgehead atoms. The Kier molecular flexibility index (Phi) is 5.58. The van der Waals surface area contributed by atoms with Crippen molar-refractivity contribution in [2.24, 2.45) is 0 Å². The fourth-order valence-corrected chi connectivity index (χ4v) is 2.90. The van der Waals surface area contributed by atoms with Crippen molar-refractivity contribution in [1.82, 2.24) is 15.1 Å². The van der Waals surface area contributed by atoms with Gasteiger partial charge in [-0.25, -0.2) is 13.1 Å². The predicted molar refractivity (Wildman–Crippen MR) is 93.2 cm³/mol. The molecule has 1 aromatic heterocycles. The van der Waals surface area contributed by atoms with E-state index >= 15 is 0 Å². The van der Waals surface area contributed by atoms with Crippen molar-refractivity contribution in [3.05, 3.63) is 41.6 Å². The van der Waals surface area contributed by atoms with Crippen LogP contribution in [0.4, 0.5) is 5.82 Å². The van der Waals surface area contributed by atoms with Crippen molar-refractivity contribution in [3.8, 4) is 0 Å². The number of amides is 2. The highest BCUT2D eigenvalue weighted by Crippen LogP contribution is 2.16. The molecule has 0 radical (unpaired) electrons.